The number of hydrogen-bond donors (Lipinski definition) is 2. The Hall–Kier alpha value is -1.50. The SMILES string of the molecule is COc1cc(OC)c(CNCC2(O)CCOC2)c(OC)c1. The summed E-state index contributed by atoms with van der Waals surface area (Å²) < 4.78 is 21.2. The predicted octanol–water partition coefficient (Wildman–Crippen LogP) is 0.953. The number of hydrogen-bond acceptors (Lipinski definition) is 6. The van der Waals surface area contributed by atoms with Crippen LogP contribution >= 0.6 is 0 Å². The summed E-state index contributed by atoms with van der Waals surface area (Å²) in [4.78, 5) is 0. The fourth-order valence-corrected chi connectivity index (χ4v) is 2.41. The maximum absolute atomic E-state index is 10.2. The average Bonchev–Trinajstić information content (AvgIpc) is 2.93. The minimum absolute atomic E-state index is 0.372. The first-order chi connectivity index (χ1) is 10.1. The lowest BCUT2D eigenvalue weighted by molar-refractivity contribution is 0.0268. The van der Waals surface area contributed by atoms with Gasteiger partial charge in [-0.05, 0) is 0 Å². The van der Waals surface area contributed by atoms with Crippen molar-refractivity contribution in [2.24, 2.45) is 0 Å². The van der Waals surface area contributed by atoms with E-state index in [1.165, 1.54) is 0 Å². The normalized spacial score (nSPS) is 21.3. The second kappa shape index (κ2) is 6.98. The van der Waals surface area contributed by atoms with Crippen molar-refractivity contribution in [2.75, 3.05) is 41.1 Å². The molecule has 0 saturated carbocycles. The van der Waals surface area contributed by atoms with Gasteiger partial charge in [0.05, 0.1) is 33.5 Å². The molecular formula is C15H23NO5. The lowest BCUT2D eigenvalue weighted by Crippen LogP contribution is -2.40. The Balaban J connectivity index is 2.07. The predicted molar refractivity (Wildman–Crippen MR) is 78.2 cm³/mol. The van der Waals surface area contributed by atoms with Crippen molar-refractivity contribution >= 4 is 0 Å². The topological polar surface area (TPSA) is 69.2 Å². The van der Waals surface area contributed by atoms with Crippen LogP contribution in [0.3, 0.4) is 0 Å². The molecular weight excluding hydrogens is 274 g/mol. The van der Waals surface area contributed by atoms with E-state index in [-0.39, 0.29) is 0 Å². The maximum atomic E-state index is 10.2. The molecule has 0 aromatic heterocycles. The van der Waals surface area contributed by atoms with Crippen molar-refractivity contribution in [1.29, 1.82) is 0 Å². The third-order valence-corrected chi connectivity index (χ3v) is 3.66. The molecule has 1 aliphatic heterocycles. The van der Waals surface area contributed by atoms with Crippen molar-refractivity contribution in [1.82, 2.24) is 5.32 Å². The first-order valence-electron chi connectivity index (χ1n) is 6.91. The molecule has 1 fully saturated rings. The summed E-state index contributed by atoms with van der Waals surface area (Å²) in [6.45, 7) is 1.97. The van der Waals surface area contributed by atoms with Crippen LogP contribution in [0.5, 0.6) is 17.2 Å². The summed E-state index contributed by atoms with van der Waals surface area (Å²) in [5.74, 6) is 2.05. The van der Waals surface area contributed by atoms with E-state index in [1.54, 1.807) is 21.3 Å². The van der Waals surface area contributed by atoms with Crippen LogP contribution < -0.4 is 19.5 Å². The molecule has 2 N–H and O–H groups in total. The fraction of sp³-hybridized carbons (Fsp3) is 0.600. The molecule has 0 spiro atoms. The number of ether oxygens (including phenoxy) is 4. The minimum atomic E-state index is -0.785. The van der Waals surface area contributed by atoms with Crippen molar-refractivity contribution in [3.05, 3.63) is 17.7 Å². The molecule has 1 aliphatic rings. The van der Waals surface area contributed by atoms with Gasteiger partial charge in [-0.25, -0.2) is 0 Å². The molecule has 0 bridgehead atoms. The second-order valence-electron chi connectivity index (χ2n) is 5.14. The van der Waals surface area contributed by atoms with Gasteiger partial charge in [-0.2, -0.15) is 0 Å². The van der Waals surface area contributed by atoms with Crippen LogP contribution in [0.25, 0.3) is 0 Å². The highest BCUT2D eigenvalue weighted by molar-refractivity contribution is 5.50. The zero-order valence-corrected chi connectivity index (χ0v) is 12.8. The highest BCUT2D eigenvalue weighted by Gasteiger charge is 2.31. The smallest absolute Gasteiger partial charge is 0.130 e. The number of methoxy groups -OCH3 is 3. The Morgan fingerprint density at radius 2 is 1.86 bits per heavy atom. The van der Waals surface area contributed by atoms with Crippen molar-refractivity contribution < 1.29 is 24.1 Å². The summed E-state index contributed by atoms with van der Waals surface area (Å²) in [6, 6.07) is 3.62. The molecule has 1 heterocycles. The first-order valence-corrected chi connectivity index (χ1v) is 6.91. The van der Waals surface area contributed by atoms with Gasteiger partial charge < -0.3 is 29.4 Å². The summed E-state index contributed by atoms with van der Waals surface area (Å²) in [6.07, 6.45) is 0.650. The largest absolute Gasteiger partial charge is 0.496 e. The second-order valence-corrected chi connectivity index (χ2v) is 5.14. The van der Waals surface area contributed by atoms with Crippen LogP contribution in [0, 0.1) is 0 Å². The van der Waals surface area contributed by atoms with E-state index in [9.17, 15) is 5.11 Å². The quantitative estimate of drug-likeness (QED) is 0.781. The molecule has 1 unspecified atom stereocenters. The van der Waals surface area contributed by atoms with Crippen LogP contribution in [0.15, 0.2) is 12.1 Å². The van der Waals surface area contributed by atoms with E-state index < -0.39 is 5.60 Å². The summed E-state index contributed by atoms with van der Waals surface area (Å²) in [5.41, 5.74) is 0.107. The summed E-state index contributed by atoms with van der Waals surface area (Å²) >= 11 is 0. The monoisotopic (exact) mass is 297 g/mol. The van der Waals surface area contributed by atoms with E-state index in [4.69, 9.17) is 18.9 Å². The van der Waals surface area contributed by atoms with Crippen molar-refractivity contribution in [3.63, 3.8) is 0 Å². The highest BCUT2D eigenvalue weighted by Crippen LogP contribution is 2.34. The van der Waals surface area contributed by atoms with Crippen LogP contribution in [0.4, 0.5) is 0 Å². The molecule has 1 aromatic carbocycles. The fourth-order valence-electron chi connectivity index (χ4n) is 2.41. The lowest BCUT2D eigenvalue weighted by Gasteiger charge is -2.22. The molecule has 21 heavy (non-hydrogen) atoms. The van der Waals surface area contributed by atoms with Crippen LogP contribution in [-0.2, 0) is 11.3 Å². The van der Waals surface area contributed by atoms with Crippen LogP contribution in [0.2, 0.25) is 0 Å². The van der Waals surface area contributed by atoms with Gasteiger partial charge in [0.2, 0.25) is 0 Å². The van der Waals surface area contributed by atoms with Gasteiger partial charge in [0, 0.05) is 38.2 Å². The molecule has 118 valence electrons. The molecule has 6 nitrogen and oxygen atoms in total. The Kier molecular flexibility index (Phi) is 5.27. The summed E-state index contributed by atoms with van der Waals surface area (Å²) in [7, 11) is 4.81. The molecule has 0 radical (unpaired) electrons. The average molecular weight is 297 g/mol. The molecule has 0 aliphatic carbocycles. The van der Waals surface area contributed by atoms with Crippen LogP contribution in [-0.4, -0.2) is 51.8 Å². The van der Waals surface area contributed by atoms with E-state index in [0.29, 0.717) is 50.0 Å². The van der Waals surface area contributed by atoms with Gasteiger partial charge in [0.25, 0.3) is 0 Å². The molecule has 2 rings (SSSR count). The standard InChI is InChI=1S/C15H23NO5/c1-18-11-6-13(19-2)12(14(7-11)20-3)8-16-9-15(17)4-5-21-10-15/h6-7,16-17H,4-5,8-10H2,1-3H3. The lowest BCUT2D eigenvalue weighted by atomic mass is 10.0. The van der Waals surface area contributed by atoms with Crippen LogP contribution in [0.1, 0.15) is 12.0 Å². The molecule has 0 amide bonds. The maximum Gasteiger partial charge on any atom is 0.130 e. The van der Waals surface area contributed by atoms with Gasteiger partial charge in [0.1, 0.15) is 22.8 Å². The number of aliphatic hydroxyl groups is 1. The minimum Gasteiger partial charge on any atom is -0.496 e. The number of benzene rings is 1. The zero-order chi connectivity index (χ0) is 15.3. The third-order valence-electron chi connectivity index (χ3n) is 3.66. The highest BCUT2D eigenvalue weighted by atomic mass is 16.5. The Labute approximate surface area is 125 Å². The van der Waals surface area contributed by atoms with E-state index in [1.807, 2.05) is 12.1 Å². The Morgan fingerprint density at radius 1 is 1.19 bits per heavy atom. The number of rotatable bonds is 7. The zero-order valence-electron chi connectivity index (χ0n) is 12.8. The first kappa shape index (κ1) is 15.9. The van der Waals surface area contributed by atoms with Gasteiger partial charge in [0.15, 0.2) is 0 Å². The third kappa shape index (κ3) is 3.78. The number of nitrogens with one attached hydrogen (secondary N) is 1. The van der Waals surface area contributed by atoms with Gasteiger partial charge in [-0.1, -0.05) is 0 Å². The van der Waals surface area contributed by atoms with E-state index in [0.717, 1.165) is 5.56 Å². The van der Waals surface area contributed by atoms with E-state index >= 15 is 0 Å². The van der Waals surface area contributed by atoms with E-state index in [2.05, 4.69) is 5.32 Å². The molecule has 1 aromatic rings. The van der Waals surface area contributed by atoms with Gasteiger partial charge in [-0.3, -0.25) is 0 Å². The summed E-state index contributed by atoms with van der Waals surface area (Å²) in [5, 5.41) is 13.5. The molecule has 1 saturated heterocycles. The van der Waals surface area contributed by atoms with Crippen molar-refractivity contribution in [2.45, 2.75) is 18.6 Å². The molecule has 6 heteroatoms. The van der Waals surface area contributed by atoms with Gasteiger partial charge >= 0.3 is 0 Å². The Bertz CT molecular complexity index is 446. The van der Waals surface area contributed by atoms with Gasteiger partial charge in [-0.15, -0.1) is 0 Å². The van der Waals surface area contributed by atoms with Crippen molar-refractivity contribution in [3.8, 4) is 17.2 Å². The molecule has 1 atom stereocenters. The Morgan fingerprint density at radius 3 is 2.33 bits per heavy atom.